The van der Waals surface area contributed by atoms with Gasteiger partial charge in [0.2, 0.25) is 0 Å². The smallest absolute Gasteiger partial charge is 0.164 e. The topological polar surface area (TPSA) is 132 Å². The molecular weight excluding hydrogens is 506 g/mol. The van der Waals surface area contributed by atoms with E-state index in [1.807, 2.05) is 36.4 Å². The van der Waals surface area contributed by atoms with Gasteiger partial charge in [0.05, 0.1) is 43.0 Å². The van der Waals surface area contributed by atoms with Crippen molar-refractivity contribution in [1.29, 1.82) is 0 Å². The van der Waals surface area contributed by atoms with Crippen LogP contribution < -0.4 is 15.8 Å². The SMILES string of the molecule is COc1ccccc1Nc1n[nH]c2ccc(-c3nn([C@H]4CC[C@H](N5CCOCC5)CC4)c4ncnc(N)c34)cc12. The summed E-state index contributed by atoms with van der Waals surface area (Å²) in [6.45, 7) is 3.72. The fraction of sp³-hybridized carbons (Fsp3) is 0.379. The van der Waals surface area contributed by atoms with Crippen molar-refractivity contribution in [3.8, 4) is 17.0 Å². The number of para-hydroxylation sites is 2. The molecule has 1 aliphatic heterocycles. The molecule has 5 aromatic rings. The minimum Gasteiger partial charge on any atom is -0.495 e. The standard InChI is InChI=1S/C29H33N9O2/c1-39-24-5-3-2-4-23(24)33-28-21-16-18(6-11-22(21)34-35-28)26-25-27(30)31-17-32-29(25)38(36-26)20-9-7-19(8-10-20)37-12-14-40-15-13-37/h2-6,11,16-17,19-20H,7-10,12-15H2,1H3,(H2,30,31,32)(H2,33,34,35)/t19-,20-. The van der Waals surface area contributed by atoms with Gasteiger partial charge in [-0.25, -0.2) is 14.6 Å². The molecule has 11 heteroatoms. The van der Waals surface area contributed by atoms with Gasteiger partial charge in [-0.2, -0.15) is 10.2 Å². The summed E-state index contributed by atoms with van der Waals surface area (Å²) in [4.78, 5) is 11.6. The maximum absolute atomic E-state index is 6.45. The van der Waals surface area contributed by atoms with Gasteiger partial charge in [-0.3, -0.25) is 10.00 Å². The van der Waals surface area contributed by atoms with Crippen LogP contribution in [0, 0.1) is 0 Å². The third-order valence-electron chi connectivity index (χ3n) is 8.29. The number of H-pyrrole nitrogens is 1. The molecule has 206 valence electrons. The predicted octanol–water partition coefficient (Wildman–Crippen LogP) is 4.52. The van der Waals surface area contributed by atoms with E-state index in [1.54, 1.807) is 7.11 Å². The maximum atomic E-state index is 6.45. The van der Waals surface area contributed by atoms with E-state index in [1.165, 1.54) is 6.33 Å². The quantitative estimate of drug-likeness (QED) is 0.285. The molecule has 0 bridgehead atoms. The van der Waals surface area contributed by atoms with Crippen LogP contribution in [0.2, 0.25) is 0 Å². The Kier molecular flexibility index (Phi) is 6.45. The van der Waals surface area contributed by atoms with Gasteiger partial charge in [0.15, 0.2) is 11.5 Å². The summed E-state index contributed by atoms with van der Waals surface area (Å²) >= 11 is 0. The summed E-state index contributed by atoms with van der Waals surface area (Å²) in [6, 6.07) is 14.8. The van der Waals surface area contributed by atoms with Gasteiger partial charge in [-0.15, -0.1) is 0 Å². The van der Waals surface area contributed by atoms with E-state index in [0.29, 0.717) is 17.7 Å². The zero-order valence-electron chi connectivity index (χ0n) is 22.5. The molecule has 0 atom stereocenters. The monoisotopic (exact) mass is 539 g/mol. The molecule has 3 aromatic heterocycles. The van der Waals surface area contributed by atoms with Crippen molar-refractivity contribution in [2.24, 2.45) is 0 Å². The van der Waals surface area contributed by atoms with Gasteiger partial charge >= 0.3 is 0 Å². The highest BCUT2D eigenvalue weighted by Crippen LogP contribution is 2.38. The number of rotatable bonds is 6. The molecule has 1 saturated carbocycles. The molecule has 2 fully saturated rings. The van der Waals surface area contributed by atoms with Crippen LogP contribution in [0.15, 0.2) is 48.8 Å². The number of nitrogens with zero attached hydrogens (tertiary/aromatic N) is 6. The van der Waals surface area contributed by atoms with E-state index in [9.17, 15) is 0 Å². The number of benzene rings is 2. The fourth-order valence-corrected chi connectivity index (χ4v) is 6.19. The first-order valence-electron chi connectivity index (χ1n) is 13.9. The molecule has 2 aliphatic rings. The summed E-state index contributed by atoms with van der Waals surface area (Å²) in [5.74, 6) is 1.89. The van der Waals surface area contributed by atoms with Crippen molar-refractivity contribution < 1.29 is 9.47 Å². The molecule has 40 heavy (non-hydrogen) atoms. The van der Waals surface area contributed by atoms with Gasteiger partial charge in [0.1, 0.15) is 23.6 Å². The number of nitrogen functional groups attached to an aromatic ring is 1. The molecule has 0 radical (unpaired) electrons. The lowest BCUT2D eigenvalue weighted by Crippen LogP contribution is -2.45. The second kappa shape index (κ2) is 10.4. The third kappa shape index (κ3) is 4.40. The lowest BCUT2D eigenvalue weighted by Gasteiger charge is -2.38. The van der Waals surface area contributed by atoms with Crippen molar-refractivity contribution in [3.05, 3.63) is 48.8 Å². The Hall–Kier alpha value is -4.22. The number of nitrogens with one attached hydrogen (secondary N) is 2. The summed E-state index contributed by atoms with van der Waals surface area (Å²) in [6.07, 6.45) is 5.92. The number of aromatic nitrogens is 6. The van der Waals surface area contributed by atoms with E-state index in [0.717, 1.165) is 96.6 Å². The molecule has 1 aliphatic carbocycles. The van der Waals surface area contributed by atoms with Gasteiger partial charge in [0.25, 0.3) is 0 Å². The van der Waals surface area contributed by atoms with Crippen LogP contribution in [0.1, 0.15) is 31.7 Å². The Morgan fingerprint density at radius 2 is 1.82 bits per heavy atom. The number of fused-ring (bicyclic) bond motifs is 2. The predicted molar refractivity (Wildman–Crippen MR) is 155 cm³/mol. The Balaban J connectivity index is 1.23. The second-order valence-corrected chi connectivity index (χ2v) is 10.5. The highest BCUT2D eigenvalue weighted by Gasteiger charge is 2.30. The van der Waals surface area contributed by atoms with E-state index >= 15 is 0 Å². The number of anilines is 3. The van der Waals surface area contributed by atoms with Crippen LogP contribution in [0.4, 0.5) is 17.3 Å². The molecule has 0 amide bonds. The largest absolute Gasteiger partial charge is 0.495 e. The van der Waals surface area contributed by atoms with Gasteiger partial charge < -0.3 is 20.5 Å². The van der Waals surface area contributed by atoms with Crippen molar-refractivity contribution >= 4 is 39.3 Å². The Bertz CT molecular complexity index is 1650. The van der Waals surface area contributed by atoms with Crippen molar-refractivity contribution in [1.82, 2.24) is 34.8 Å². The fourth-order valence-electron chi connectivity index (χ4n) is 6.19. The van der Waals surface area contributed by atoms with Crippen LogP contribution in [-0.2, 0) is 4.74 Å². The Morgan fingerprint density at radius 1 is 1.02 bits per heavy atom. The average Bonchev–Trinajstić information content (AvgIpc) is 3.60. The molecular formula is C29H33N9O2. The molecule has 0 unspecified atom stereocenters. The normalized spacial score (nSPS) is 20.2. The molecule has 11 nitrogen and oxygen atoms in total. The number of hydrogen-bond donors (Lipinski definition) is 3. The maximum Gasteiger partial charge on any atom is 0.164 e. The average molecular weight is 540 g/mol. The van der Waals surface area contributed by atoms with E-state index in [-0.39, 0.29) is 6.04 Å². The first-order chi connectivity index (χ1) is 19.7. The number of aromatic amines is 1. The zero-order chi connectivity index (χ0) is 27.1. The van der Waals surface area contributed by atoms with Gasteiger partial charge in [-0.1, -0.05) is 18.2 Å². The Labute approximate surface area is 231 Å². The zero-order valence-corrected chi connectivity index (χ0v) is 22.5. The van der Waals surface area contributed by atoms with Crippen LogP contribution in [-0.4, -0.2) is 74.3 Å². The van der Waals surface area contributed by atoms with Gasteiger partial charge in [0, 0.05) is 30.1 Å². The van der Waals surface area contributed by atoms with Crippen molar-refractivity contribution in [2.75, 3.05) is 44.5 Å². The minimum atomic E-state index is 0.267. The minimum absolute atomic E-state index is 0.267. The van der Waals surface area contributed by atoms with Crippen LogP contribution in [0.5, 0.6) is 5.75 Å². The van der Waals surface area contributed by atoms with E-state index in [2.05, 4.69) is 41.1 Å². The van der Waals surface area contributed by atoms with E-state index in [4.69, 9.17) is 20.3 Å². The third-order valence-corrected chi connectivity index (χ3v) is 8.29. The number of methoxy groups -OCH3 is 1. The summed E-state index contributed by atoms with van der Waals surface area (Å²) in [5, 5.41) is 17.9. The molecule has 4 heterocycles. The summed E-state index contributed by atoms with van der Waals surface area (Å²) in [5.41, 5.74) is 10.7. The molecule has 1 saturated heterocycles. The lowest BCUT2D eigenvalue weighted by atomic mass is 9.90. The van der Waals surface area contributed by atoms with Crippen LogP contribution in [0.25, 0.3) is 33.2 Å². The highest BCUT2D eigenvalue weighted by atomic mass is 16.5. The van der Waals surface area contributed by atoms with E-state index < -0.39 is 0 Å². The molecule has 0 spiro atoms. The summed E-state index contributed by atoms with van der Waals surface area (Å²) in [7, 11) is 1.66. The molecule has 7 rings (SSSR count). The lowest BCUT2D eigenvalue weighted by molar-refractivity contribution is 0.00520. The molecule has 4 N–H and O–H groups in total. The van der Waals surface area contributed by atoms with Crippen molar-refractivity contribution in [2.45, 2.75) is 37.8 Å². The molecule has 2 aromatic carbocycles. The number of nitrogens with two attached hydrogens (primary N) is 1. The van der Waals surface area contributed by atoms with Crippen molar-refractivity contribution in [3.63, 3.8) is 0 Å². The van der Waals surface area contributed by atoms with Gasteiger partial charge in [-0.05, 0) is 49.9 Å². The first kappa shape index (κ1) is 24.8. The number of morpholine rings is 1. The summed E-state index contributed by atoms with van der Waals surface area (Å²) < 4.78 is 13.2. The number of ether oxygens (including phenoxy) is 2. The Morgan fingerprint density at radius 3 is 2.65 bits per heavy atom. The van der Waals surface area contributed by atoms with Crippen LogP contribution >= 0.6 is 0 Å². The highest BCUT2D eigenvalue weighted by molar-refractivity contribution is 6.01. The second-order valence-electron chi connectivity index (χ2n) is 10.5. The number of hydrogen-bond acceptors (Lipinski definition) is 9. The van der Waals surface area contributed by atoms with Crippen LogP contribution in [0.3, 0.4) is 0 Å². The first-order valence-corrected chi connectivity index (χ1v) is 13.9.